The van der Waals surface area contributed by atoms with E-state index in [1.807, 2.05) is 12.3 Å². The molecule has 0 fully saturated rings. The molecule has 13 heavy (non-hydrogen) atoms. The van der Waals surface area contributed by atoms with Crippen molar-refractivity contribution in [2.45, 2.75) is 13.8 Å². The van der Waals surface area contributed by atoms with Gasteiger partial charge < -0.3 is 0 Å². The molecule has 1 aromatic heterocycles. The molecule has 0 aliphatic carbocycles. The first-order valence-corrected chi connectivity index (χ1v) is 4.85. The standard InChI is InChI=1S/C9H10BrN3/c1-9(2)4-3-8-11-6-12-13(8)5-7(9)10/h3-6H,1-2H3. The van der Waals surface area contributed by atoms with Crippen LogP contribution in [0.4, 0.5) is 0 Å². The lowest BCUT2D eigenvalue weighted by atomic mass is 9.93. The molecule has 68 valence electrons. The Morgan fingerprint density at radius 3 is 3.00 bits per heavy atom. The molecule has 2 heterocycles. The molecule has 0 radical (unpaired) electrons. The van der Waals surface area contributed by atoms with E-state index in [0.29, 0.717) is 0 Å². The predicted molar refractivity (Wildman–Crippen MR) is 56.0 cm³/mol. The summed E-state index contributed by atoms with van der Waals surface area (Å²) in [5, 5.41) is 4.08. The summed E-state index contributed by atoms with van der Waals surface area (Å²) < 4.78 is 2.86. The number of rotatable bonds is 0. The minimum atomic E-state index is 0.0162. The lowest BCUT2D eigenvalue weighted by molar-refractivity contribution is 0.622. The first-order chi connectivity index (χ1) is 6.09. The van der Waals surface area contributed by atoms with E-state index in [0.717, 1.165) is 10.3 Å². The van der Waals surface area contributed by atoms with Crippen LogP contribution in [-0.4, -0.2) is 14.8 Å². The van der Waals surface area contributed by atoms with E-state index < -0.39 is 0 Å². The number of hydrogen-bond donors (Lipinski definition) is 0. The summed E-state index contributed by atoms with van der Waals surface area (Å²) in [6.45, 7) is 4.27. The summed E-state index contributed by atoms with van der Waals surface area (Å²) in [6.07, 6.45) is 7.59. The Labute approximate surface area is 85.3 Å². The van der Waals surface area contributed by atoms with Gasteiger partial charge in [0, 0.05) is 16.1 Å². The van der Waals surface area contributed by atoms with Gasteiger partial charge in [-0.05, 0) is 6.08 Å². The third kappa shape index (κ3) is 1.46. The van der Waals surface area contributed by atoms with Crippen LogP contribution in [0, 0.1) is 5.41 Å². The van der Waals surface area contributed by atoms with Crippen LogP contribution in [0.2, 0.25) is 0 Å². The highest BCUT2D eigenvalue weighted by Gasteiger charge is 2.21. The number of nitrogens with zero attached hydrogens (tertiary/aromatic N) is 3. The van der Waals surface area contributed by atoms with Crippen molar-refractivity contribution in [3.05, 3.63) is 22.7 Å². The zero-order chi connectivity index (χ0) is 9.47. The number of allylic oxidation sites excluding steroid dienone is 2. The first kappa shape index (κ1) is 8.69. The van der Waals surface area contributed by atoms with Gasteiger partial charge in [0.05, 0.1) is 0 Å². The minimum absolute atomic E-state index is 0.0162. The van der Waals surface area contributed by atoms with Gasteiger partial charge in [-0.1, -0.05) is 35.9 Å². The Bertz CT molecular complexity index is 387. The van der Waals surface area contributed by atoms with E-state index in [1.54, 1.807) is 11.0 Å². The molecular weight excluding hydrogens is 230 g/mol. The average Bonchev–Trinajstić information content (AvgIpc) is 2.45. The van der Waals surface area contributed by atoms with Gasteiger partial charge >= 0.3 is 0 Å². The smallest absolute Gasteiger partial charge is 0.154 e. The molecule has 2 rings (SSSR count). The highest BCUT2D eigenvalue weighted by atomic mass is 79.9. The van der Waals surface area contributed by atoms with E-state index >= 15 is 0 Å². The third-order valence-corrected chi connectivity index (χ3v) is 3.33. The van der Waals surface area contributed by atoms with Crippen LogP contribution in [0.1, 0.15) is 19.7 Å². The maximum absolute atomic E-state index is 4.12. The quantitative estimate of drug-likeness (QED) is 0.697. The zero-order valence-electron chi connectivity index (χ0n) is 7.53. The average molecular weight is 240 g/mol. The molecule has 3 nitrogen and oxygen atoms in total. The zero-order valence-corrected chi connectivity index (χ0v) is 9.12. The van der Waals surface area contributed by atoms with Gasteiger partial charge in [0.15, 0.2) is 5.82 Å². The summed E-state index contributed by atoms with van der Waals surface area (Å²) in [6, 6.07) is 0. The van der Waals surface area contributed by atoms with Gasteiger partial charge in [0.2, 0.25) is 0 Å². The fourth-order valence-electron chi connectivity index (χ4n) is 1.11. The van der Waals surface area contributed by atoms with E-state index in [-0.39, 0.29) is 5.41 Å². The SMILES string of the molecule is CC1(C)C=Cc2ncnn2C=C1Br. The lowest BCUT2D eigenvalue weighted by Crippen LogP contribution is -2.06. The van der Waals surface area contributed by atoms with Crippen LogP contribution >= 0.6 is 15.9 Å². The highest BCUT2D eigenvalue weighted by Crippen LogP contribution is 2.35. The second-order valence-corrected chi connectivity index (χ2v) is 4.45. The molecular formula is C9H10BrN3. The minimum Gasteiger partial charge on any atom is -0.220 e. The lowest BCUT2D eigenvalue weighted by Gasteiger charge is -2.17. The summed E-state index contributed by atoms with van der Waals surface area (Å²) in [4.78, 5) is 4.12. The van der Waals surface area contributed by atoms with Crippen molar-refractivity contribution in [1.82, 2.24) is 14.8 Å². The monoisotopic (exact) mass is 239 g/mol. The fourth-order valence-corrected chi connectivity index (χ4v) is 1.44. The molecule has 0 unspecified atom stereocenters. The van der Waals surface area contributed by atoms with Gasteiger partial charge in [-0.15, -0.1) is 0 Å². The molecule has 0 spiro atoms. The van der Waals surface area contributed by atoms with Crippen molar-refractivity contribution < 1.29 is 0 Å². The van der Waals surface area contributed by atoms with Crippen molar-refractivity contribution in [3.8, 4) is 0 Å². The van der Waals surface area contributed by atoms with E-state index in [4.69, 9.17) is 0 Å². The molecule has 0 saturated carbocycles. The van der Waals surface area contributed by atoms with E-state index in [1.165, 1.54) is 0 Å². The van der Waals surface area contributed by atoms with E-state index in [9.17, 15) is 0 Å². The molecule has 0 amide bonds. The molecule has 0 saturated heterocycles. The van der Waals surface area contributed by atoms with Crippen molar-refractivity contribution in [2.75, 3.05) is 0 Å². The van der Waals surface area contributed by atoms with Crippen molar-refractivity contribution in [2.24, 2.45) is 5.41 Å². The van der Waals surface area contributed by atoms with E-state index in [2.05, 4.69) is 45.9 Å². The Balaban J connectivity index is 2.57. The van der Waals surface area contributed by atoms with Crippen LogP contribution in [-0.2, 0) is 0 Å². The van der Waals surface area contributed by atoms with Crippen molar-refractivity contribution >= 4 is 28.2 Å². The molecule has 0 N–H and O–H groups in total. The second-order valence-electron chi connectivity index (χ2n) is 3.59. The molecule has 1 aliphatic rings. The van der Waals surface area contributed by atoms with Crippen molar-refractivity contribution in [3.63, 3.8) is 0 Å². The topological polar surface area (TPSA) is 30.7 Å². The number of fused-ring (bicyclic) bond motifs is 1. The highest BCUT2D eigenvalue weighted by molar-refractivity contribution is 9.11. The Morgan fingerprint density at radius 2 is 2.23 bits per heavy atom. The Morgan fingerprint density at radius 1 is 1.46 bits per heavy atom. The van der Waals surface area contributed by atoms with Crippen molar-refractivity contribution in [1.29, 1.82) is 0 Å². The van der Waals surface area contributed by atoms with Crippen LogP contribution < -0.4 is 0 Å². The molecule has 0 atom stereocenters. The second kappa shape index (κ2) is 2.80. The maximum Gasteiger partial charge on any atom is 0.154 e. The molecule has 0 aromatic carbocycles. The third-order valence-electron chi connectivity index (χ3n) is 2.10. The number of hydrogen-bond acceptors (Lipinski definition) is 2. The molecule has 1 aromatic rings. The fraction of sp³-hybridized carbons (Fsp3) is 0.333. The molecule has 0 bridgehead atoms. The van der Waals surface area contributed by atoms with Crippen LogP contribution in [0.3, 0.4) is 0 Å². The largest absolute Gasteiger partial charge is 0.220 e. The van der Waals surface area contributed by atoms with Gasteiger partial charge in [0.25, 0.3) is 0 Å². The summed E-state index contributed by atoms with van der Waals surface area (Å²) in [7, 11) is 0. The normalized spacial score (nSPS) is 19.2. The first-order valence-electron chi connectivity index (χ1n) is 4.06. The molecule has 4 heteroatoms. The predicted octanol–water partition coefficient (Wildman–Crippen LogP) is 2.52. The number of aromatic nitrogens is 3. The Kier molecular flexibility index (Phi) is 1.87. The van der Waals surface area contributed by atoms with Crippen LogP contribution in [0.25, 0.3) is 12.3 Å². The summed E-state index contributed by atoms with van der Waals surface area (Å²) in [5.41, 5.74) is 0.0162. The molecule has 1 aliphatic heterocycles. The Hall–Kier alpha value is -0.900. The summed E-state index contributed by atoms with van der Waals surface area (Å²) in [5.74, 6) is 0.863. The number of halogens is 1. The van der Waals surface area contributed by atoms with Gasteiger partial charge in [-0.25, -0.2) is 9.67 Å². The summed E-state index contributed by atoms with van der Waals surface area (Å²) >= 11 is 3.54. The van der Waals surface area contributed by atoms with Crippen LogP contribution in [0.5, 0.6) is 0 Å². The van der Waals surface area contributed by atoms with Gasteiger partial charge in [-0.3, -0.25) is 0 Å². The maximum atomic E-state index is 4.12. The van der Waals surface area contributed by atoms with Crippen LogP contribution in [0.15, 0.2) is 16.9 Å². The van der Waals surface area contributed by atoms with Gasteiger partial charge in [-0.2, -0.15) is 5.10 Å². The van der Waals surface area contributed by atoms with Gasteiger partial charge in [0.1, 0.15) is 6.33 Å².